The maximum absolute atomic E-state index is 13.1. The Morgan fingerprint density at radius 1 is 1.42 bits per heavy atom. The fraction of sp³-hybridized carbons (Fsp3) is 0.500. The number of hydrogen-bond acceptors (Lipinski definition) is 6. The predicted octanol–water partition coefficient (Wildman–Crippen LogP) is 2.93. The summed E-state index contributed by atoms with van der Waals surface area (Å²) in [5, 5.41) is 4.12. The standard InChI is InChI=1S/C16H19N3O3S2/c20-14(13-10-17-15(23-13)12-4-1-8-22-12)19-24(21)9-3-6-16(11-24)5-2-7-18-16/h1,4,8,10,18H,2-3,5-7,9,11H2. The molecule has 1 amide bonds. The number of furan rings is 1. The Kier molecular flexibility index (Phi) is 4.06. The lowest BCUT2D eigenvalue weighted by molar-refractivity contribution is 0.101. The molecule has 2 aliphatic rings. The molecule has 2 fully saturated rings. The number of carbonyl (C=O) groups excluding carboxylic acids is 1. The largest absolute Gasteiger partial charge is 0.462 e. The number of thiazole rings is 1. The molecular weight excluding hydrogens is 346 g/mol. The van der Waals surface area contributed by atoms with Crippen LogP contribution in [0.5, 0.6) is 0 Å². The Bertz CT molecular complexity index is 857. The average Bonchev–Trinajstić information content (AvgIpc) is 3.28. The van der Waals surface area contributed by atoms with Crippen molar-refractivity contribution in [3.63, 3.8) is 0 Å². The molecule has 2 aliphatic heterocycles. The zero-order valence-corrected chi connectivity index (χ0v) is 14.8. The van der Waals surface area contributed by atoms with Gasteiger partial charge in [-0.15, -0.1) is 11.3 Å². The first-order valence-corrected chi connectivity index (χ1v) is 10.8. The van der Waals surface area contributed by atoms with Gasteiger partial charge in [-0.2, -0.15) is 4.36 Å². The van der Waals surface area contributed by atoms with Gasteiger partial charge in [-0.25, -0.2) is 9.19 Å². The van der Waals surface area contributed by atoms with E-state index in [9.17, 15) is 9.00 Å². The Labute approximate surface area is 144 Å². The summed E-state index contributed by atoms with van der Waals surface area (Å²) in [6.07, 6.45) is 7.06. The van der Waals surface area contributed by atoms with Gasteiger partial charge in [0.05, 0.1) is 27.9 Å². The van der Waals surface area contributed by atoms with Crippen LogP contribution < -0.4 is 5.32 Å². The monoisotopic (exact) mass is 365 g/mol. The van der Waals surface area contributed by atoms with E-state index in [-0.39, 0.29) is 5.54 Å². The first kappa shape index (κ1) is 16.0. The summed E-state index contributed by atoms with van der Waals surface area (Å²) in [6, 6.07) is 3.57. The van der Waals surface area contributed by atoms with Gasteiger partial charge in [0, 0.05) is 11.3 Å². The highest BCUT2D eigenvalue weighted by Gasteiger charge is 2.40. The summed E-state index contributed by atoms with van der Waals surface area (Å²) >= 11 is 1.22. The van der Waals surface area contributed by atoms with E-state index in [1.807, 2.05) is 0 Å². The molecule has 0 aromatic carbocycles. The zero-order valence-electron chi connectivity index (χ0n) is 13.2. The molecule has 1 N–H and O–H groups in total. The number of nitrogens with zero attached hydrogens (tertiary/aromatic N) is 2. The van der Waals surface area contributed by atoms with Crippen molar-refractivity contribution in [1.82, 2.24) is 10.3 Å². The maximum atomic E-state index is 13.1. The first-order valence-electron chi connectivity index (χ1n) is 8.09. The van der Waals surface area contributed by atoms with Crippen LogP contribution in [0.25, 0.3) is 10.8 Å². The van der Waals surface area contributed by atoms with E-state index < -0.39 is 15.6 Å². The molecule has 0 saturated carbocycles. The van der Waals surface area contributed by atoms with E-state index >= 15 is 0 Å². The minimum Gasteiger partial charge on any atom is -0.462 e. The number of carbonyl (C=O) groups is 1. The molecule has 128 valence electrons. The van der Waals surface area contributed by atoms with Gasteiger partial charge in [0.15, 0.2) is 10.8 Å². The molecule has 24 heavy (non-hydrogen) atoms. The summed E-state index contributed by atoms with van der Waals surface area (Å²) in [7, 11) is -2.51. The smallest absolute Gasteiger partial charge is 0.296 e. The number of aromatic nitrogens is 1. The average molecular weight is 365 g/mol. The highest BCUT2D eigenvalue weighted by Crippen LogP contribution is 2.32. The van der Waals surface area contributed by atoms with E-state index in [4.69, 9.17) is 4.42 Å². The number of rotatable bonds is 2. The summed E-state index contributed by atoms with van der Waals surface area (Å²) in [6.45, 7) is 0.963. The third kappa shape index (κ3) is 3.05. The van der Waals surface area contributed by atoms with Gasteiger partial charge in [-0.1, -0.05) is 0 Å². The van der Waals surface area contributed by atoms with Crippen molar-refractivity contribution >= 4 is 27.0 Å². The fourth-order valence-corrected chi connectivity index (χ4v) is 6.96. The van der Waals surface area contributed by atoms with Gasteiger partial charge in [0.2, 0.25) is 0 Å². The van der Waals surface area contributed by atoms with Crippen molar-refractivity contribution in [1.29, 1.82) is 0 Å². The lowest BCUT2D eigenvalue weighted by atomic mass is 9.94. The molecule has 0 bridgehead atoms. The van der Waals surface area contributed by atoms with E-state index in [0.717, 1.165) is 32.2 Å². The lowest BCUT2D eigenvalue weighted by Gasteiger charge is -2.35. The second kappa shape index (κ2) is 6.09. The van der Waals surface area contributed by atoms with Crippen molar-refractivity contribution in [3.8, 4) is 10.8 Å². The molecule has 4 heterocycles. The Balaban J connectivity index is 1.58. The van der Waals surface area contributed by atoms with Crippen LogP contribution in [-0.4, -0.2) is 38.7 Å². The Hall–Kier alpha value is -1.51. The molecule has 0 aliphatic carbocycles. The third-order valence-electron chi connectivity index (χ3n) is 4.65. The van der Waals surface area contributed by atoms with Gasteiger partial charge in [0.1, 0.15) is 4.88 Å². The van der Waals surface area contributed by atoms with Crippen molar-refractivity contribution in [2.24, 2.45) is 4.36 Å². The summed E-state index contributed by atoms with van der Waals surface area (Å²) < 4.78 is 22.6. The minimum absolute atomic E-state index is 0.0772. The second-order valence-corrected chi connectivity index (χ2v) is 9.89. The number of amides is 1. The van der Waals surface area contributed by atoms with Crippen LogP contribution in [0.15, 0.2) is 33.4 Å². The Morgan fingerprint density at radius 3 is 3.04 bits per heavy atom. The molecule has 4 rings (SSSR count). The van der Waals surface area contributed by atoms with Crippen molar-refractivity contribution < 1.29 is 13.4 Å². The number of hydrogen-bond donors (Lipinski definition) is 1. The van der Waals surface area contributed by atoms with Gasteiger partial charge < -0.3 is 9.73 Å². The summed E-state index contributed by atoms with van der Waals surface area (Å²) in [5.41, 5.74) is -0.0772. The second-order valence-electron chi connectivity index (χ2n) is 6.44. The summed E-state index contributed by atoms with van der Waals surface area (Å²) in [4.78, 5) is 17.1. The Morgan fingerprint density at radius 2 is 2.29 bits per heavy atom. The van der Waals surface area contributed by atoms with Crippen LogP contribution in [0.4, 0.5) is 0 Å². The molecule has 0 radical (unpaired) electrons. The lowest BCUT2D eigenvalue weighted by Crippen LogP contribution is -2.49. The third-order valence-corrected chi connectivity index (χ3v) is 8.08. The highest BCUT2D eigenvalue weighted by molar-refractivity contribution is 7.94. The molecule has 2 atom stereocenters. The molecular formula is C16H19N3O3S2. The molecule has 2 aromatic rings. The van der Waals surface area contributed by atoms with Gasteiger partial charge in [0.25, 0.3) is 5.91 Å². The van der Waals surface area contributed by atoms with Crippen LogP contribution in [0, 0.1) is 0 Å². The zero-order chi connectivity index (χ0) is 16.6. The van der Waals surface area contributed by atoms with Crippen molar-refractivity contribution in [3.05, 3.63) is 29.5 Å². The van der Waals surface area contributed by atoms with E-state index in [0.29, 0.717) is 27.2 Å². The quantitative estimate of drug-likeness (QED) is 0.884. The van der Waals surface area contributed by atoms with E-state index in [2.05, 4.69) is 14.7 Å². The fourth-order valence-electron chi connectivity index (χ4n) is 3.58. The molecule has 2 unspecified atom stereocenters. The SMILES string of the molecule is O=C(N=S1(=O)CCCC2(CCCN2)C1)c1cnc(-c2ccco2)s1. The van der Waals surface area contributed by atoms with Crippen LogP contribution in [-0.2, 0) is 9.73 Å². The van der Waals surface area contributed by atoms with Crippen LogP contribution in [0.2, 0.25) is 0 Å². The predicted molar refractivity (Wildman–Crippen MR) is 93.7 cm³/mol. The topological polar surface area (TPSA) is 84.6 Å². The van der Waals surface area contributed by atoms with Crippen LogP contribution >= 0.6 is 11.3 Å². The maximum Gasteiger partial charge on any atom is 0.296 e. The molecule has 8 heteroatoms. The molecule has 2 saturated heterocycles. The molecule has 6 nitrogen and oxygen atoms in total. The van der Waals surface area contributed by atoms with Gasteiger partial charge in [-0.05, 0) is 44.4 Å². The highest BCUT2D eigenvalue weighted by atomic mass is 32.2. The van der Waals surface area contributed by atoms with Crippen LogP contribution in [0.1, 0.15) is 35.4 Å². The van der Waals surface area contributed by atoms with Gasteiger partial charge in [-0.3, -0.25) is 4.79 Å². The first-order chi connectivity index (χ1) is 11.6. The van der Waals surface area contributed by atoms with Gasteiger partial charge >= 0.3 is 0 Å². The normalized spacial score (nSPS) is 29.8. The van der Waals surface area contributed by atoms with Crippen molar-refractivity contribution in [2.45, 2.75) is 31.2 Å². The molecule has 1 spiro atoms. The van der Waals surface area contributed by atoms with E-state index in [1.165, 1.54) is 17.5 Å². The minimum atomic E-state index is -2.51. The molecule has 2 aromatic heterocycles. The van der Waals surface area contributed by atoms with Crippen molar-refractivity contribution in [2.75, 3.05) is 18.1 Å². The van der Waals surface area contributed by atoms with Crippen LogP contribution in [0.3, 0.4) is 0 Å². The number of nitrogens with one attached hydrogen (secondary N) is 1. The summed E-state index contributed by atoms with van der Waals surface area (Å²) in [5.74, 6) is 1.18. The van der Waals surface area contributed by atoms with E-state index in [1.54, 1.807) is 18.4 Å².